The van der Waals surface area contributed by atoms with Gasteiger partial charge in [0.05, 0.1) is 12.7 Å². The van der Waals surface area contributed by atoms with Gasteiger partial charge in [-0.1, -0.05) is 29.4 Å². The van der Waals surface area contributed by atoms with E-state index < -0.39 is 11.8 Å². The molecular formula is C15H14F2N4O. The lowest BCUT2D eigenvalue weighted by Gasteiger charge is -2.03. The van der Waals surface area contributed by atoms with Gasteiger partial charge >= 0.3 is 5.92 Å². The summed E-state index contributed by atoms with van der Waals surface area (Å²) in [6, 6.07) is 7.31. The predicted octanol–water partition coefficient (Wildman–Crippen LogP) is 3.40. The molecule has 0 atom stereocenters. The molecular weight excluding hydrogens is 290 g/mol. The monoisotopic (exact) mass is 304 g/mol. The molecule has 114 valence electrons. The zero-order valence-corrected chi connectivity index (χ0v) is 12.1. The van der Waals surface area contributed by atoms with E-state index in [1.54, 1.807) is 18.3 Å². The molecule has 7 heteroatoms. The van der Waals surface area contributed by atoms with E-state index in [-0.39, 0.29) is 5.82 Å². The fraction of sp³-hybridized carbons (Fsp3) is 0.267. The second-order valence-corrected chi connectivity index (χ2v) is 5.22. The van der Waals surface area contributed by atoms with Crippen LogP contribution in [-0.2, 0) is 12.5 Å². The first-order valence-electron chi connectivity index (χ1n) is 6.72. The van der Waals surface area contributed by atoms with Gasteiger partial charge in [-0.05, 0) is 18.1 Å². The SMILES string of the molecule is Cc1cnn(Cc2ccc(-c3noc(C(C)(F)F)n3)cc2)c1. The summed E-state index contributed by atoms with van der Waals surface area (Å²) in [5.74, 6) is -3.67. The lowest BCUT2D eigenvalue weighted by atomic mass is 10.1. The van der Waals surface area contributed by atoms with E-state index in [1.807, 2.05) is 29.9 Å². The summed E-state index contributed by atoms with van der Waals surface area (Å²) in [7, 11) is 0. The summed E-state index contributed by atoms with van der Waals surface area (Å²) in [5.41, 5.74) is 2.76. The molecule has 0 bridgehead atoms. The first-order valence-corrected chi connectivity index (χ1v) is 6.72. The van der Waals surface area contributed by atoms with Crippen LogP contribution in [0.3, 0.4) is 0 Å². The molecule has 0 saturated carbocycles. The fourth-order valence-corrected chi connectivity index (χ4v) is 2.02. The predicted molar refractivity (Wildman–Crippen MR) is 75.4 cm³/mol. The standard InChI is InChI=1S/C15H14F2N4O/c1-10-7-18-21(8-10)9-11-3-5-12(6-4-11)13-19-14(22-20-13)15(2,16)17/h3-8H,9H2,1-2H3. The molecule has 0 radical (unpaired) electrons. The highest BCUT2D eigenvalue weighted by Crippen LogP contribution is 2.27. The van der Waals surface area contributed by atoms with Crippen LogP contribution in [0.15, 0.2) is 41.2 Å². The maximum atomic E-state index is 13.1. The van der Waals surface area contributed by atoms with Crippen LogP contribution in [0.2, 0.25) is 0 Å². The molecule has 0 aliphatic heterocycles. The van der Waals surface area contributed by atoms with E-state index >= 15 is 0 Å². The Morgan fingerprint density at radius 2 is 1.95 bits per heavy atom. The van der Waals surface area contributed by atoms with Crippen LogP contribution in [0.4, 0.5) is 8.78 Å². The highest BCUT2D eigenvalue weighted by Gasteiger charge is 2.32. The van der Waals surface area contributed by atoms with Crippen molar-refractivity contribution in [2.75, 3.05) is 0 Å². The van der Waals surface area contributed by atoms with E-state index in [1.165, 1.54) is 0 Å². The molecule has 0 aliphatic carbocycles. The number of nitrogens with zero attached hydrogens (tertiary/aromatic N) is 4. The number of rotatable bonds is 4. The van der Waals surface area contributed by atoms with Gasteiger partial charge in [0.2, 0.25) is 5.82 Å². The van der Waals surface area contributed by atoms with E-state index in [0.29, 0.717) is 12.1 Å². The molecule has 0 aliphatic rings. The van der Waals surface area contributed by atoms with Gasteiger partial charge in [-0.25, -0.2) is 0 Å². The van der Waals surface area contributed by atoms with Crippen LogP contribution >= 0.6 is 0 Å². The number of alkyl halides is 2. The van der Waals surface area contributed by atoms with Gasteiger partial charge in [0.25, 0.3) is 5.89 Å². The van der Waals surface area contributed by atoms with Gasteiger partial charge in [-0.3, -0.25) is 4.68 Å². The molecule has 0 unspecified atom stereocenters. The number of aromatic nitrogens is 4. The van der Waals surface area contributed by atoms with Crippen LogP contribution in [0.1, 0.15) is 23.9 Å². The maximum absolute atomic E-state index is 13.1. The van der Waals surface area contributed by atoms with Crippen LogP contribution < -0.4 is 0 Å². The molecule has 0 saturated heterocycles. The first-order chi connectivity index (χ1) is 10.4. The van der Waals surface area contributed by atoms with E-state index in [0.717, 1.165) is 18.1 Å². The summed E-state index contributed by atoms with van der Waals surface area (Å²) in [6.45, 7) is 3.34. The molecule has 0 fully saturated rings. The Balaban J connectivity index is 1.78. The second kappa shape index (κ2) is 5.32. The zero-order valence-electron chi connectivity index (χ0n) is 12.1. The van der Waals surface area contributed by atoms with E-state index in [4.69, 9.17) is 0 Å². The summed E-state index contributed by atoms with van der Waals surface area (Å²) in [5, 5.41) is 7.80. The third-order valence-corrected chi connectivity index (χ3v) is 3.12. The van der Waals surface area contributed by atoms with Gasteiger partial charge in [0, 0.05) is 18.7 Å². The highest BCUT2D eigenvalue weighted by molar-refractivity contribution is 5.54. The molecule has 3 rings (SSSR count). The molecule has 0 spiro atoms. The quantitative estimate of drug-likeness (QED) is 0.741. The van der Waals surface area contributed by atoms with E-state index in [2.05, 4.69) is 19.8 Å². The molecule has 2 aromatic heterocycles. The average Bonchev–Trinajstić information content (AvgIpc) is 3.08. The topological polar surface area (TPSA) is 56.7 Å². The van der Waals surface area contributed by atoms with Gasteiger partial charge in [-0.15, -0.1) is 0 Å². The van der Waals surface area contributed by atoms with Crippen molar-refractivity contribution in [2.24, 2.45) is 0 Å². The minimum Gasteiger partial charge on any atom is -0.332 e. The van der Waals surface area contributed by atoms with Crippen LogP contribution in [0.5, 0.6) is 0 Å². The van der Waals surface area contributed by atoms with Gasteiger partial charge in [0.15, 0.2) is 0 Å². The van der Waals surface area contributed by atoms with Crippen molar-refractivity contribution >= 4 is 0 Å². The number of halogens is 2. The number of hydrogen-bond donors (Lipinski definition) is 0. The zero-order chi connectivity index (χ0) is 15.7. The Labute approximate surface area is 125 Å². The third kappa shape index (κ3) is 3.03. The maximum Gasteiger partial charge on any atom is 0.322 e. The first kappa shape index (κ1) is 14.4. The van der Waals surface area contributed by atoms with Crippen LogP contribution in [-0.4, -0.2) is 19.9 Å². The average molecular weight is 304 g/mol. The molecule has 0 N–H and O–H groups in total. The summed E-state index contributed by atoms with van der Waals surface area (Å²) in [6.07, 6.45) is 3.74. The lowest BCUT2D eigenvalue weighted by Crippen LogP contribution is -2.07. The fourth-order valence-electron chi connectivity index (χ4n) is 2.02. The second-order valence-electron chi connectivity index (χ2n) is 5.22. The summed E-state index contributed by atoms with van der Waals surface area (Å²) < 4.78 is 32.6. The van der Waals surface area contributed by atoms with Crippen molar-refractivity contribution in [2.45, 2.75) is 26.3 Å². The van der Waals surface area contributed by atoms with Crippen molar-refractivity contribution in [1.29, 1.82) is 0 Å². The molecule has 5 nitrogen and oxygen atoms in total. The Kier molecular flexibility index (Phi) is 3.48. The smallest absolute Gasteiger partial charge is 0.322 e. The van der Waals surface area contributed by atoms with E-state index in [9.17, 15) is 8.78 Å². The normalized spacial score (nSPS) is 11.8. The molecule has 0 amide bonds. The summed E-state index contributed by atoms with van der Waals surface area (Å²) >= 11 is 0. The Hall–Kier alpha value is -2.57. The highest BCUT2D eigenvalue weighted by atomic mass is 19.3. The summed E-state index contributed by atoms with van der Waals surface area (Å²) in [4.78, 5) is 3.72. The Morgan fingerprint density at radius 3 is 2.50 bits per heavy atom. The molecule has 3 aromatic rings. The lowest BCUT2D eigenvalue weighted by molar-refractivity contribution is -0.0158. The Morgan fingerprint density at radius 1 is 1.23 bits per heavy atom. The minimum absolute atomic E-state index is 0.151. The van der Waals surface area contributed by atoms with Crippen molar-refractivity contribution in [3.05, 3.63) is 53.7 Å². The van der Waals surface area contributed by atoms with Gasteiger partial charge < -0.3 is 4.52 Å². The van der Waals surface area contributed by atoms with Gasteiger partial charge in [0.1, 0.15) is 0 Å². The van der Waals surface area contributed by atoms with Crippen LogP contribution in [0, 0.1) is 6.92 Å². The van der Waals surface area contributed by atoms with Gasteiger partial charge in [-0.2, -0.15) is 18.9 Å². The molecule has 22 heavy (non-hydrogen) atoms. The van der Waals surface area contributed by atoms with Crippen molar-refractivity contribution in [3.8, 4) is 11.4 Å². The largest absolute Gasteiger partial charge is 0.332 e. The third-order valence-electron chi connectivity index (χ3n) is 3.12. The number of hydrogen-bond acceptors (Lipinski definition) is 4. The number of aryl methyl sites for hydroxylation is 1. The van der Waals surface area contributed by atoms with Crippen molar-refractivity contribution in [1.82, 2.24) is 19.9 Å². The Bertz CT molecular complexity index is 771. The van der Waals surface area contributed by atoms with Crippen molar-refractivity contribution < 1.29 is 13.3 Å². The molecule has 2 heterocycles. The number of benzene rings is 1. The van der Waals surface area contributed by atoms with Crippen LogP contribution in [0.25, 0.3) is 11.4 Å². The van der Waals surface area contributed by atoms with Crippen molar-refractivity contribution in [3.63, 3.8) is 0 Å². The molecule has 1 aromatic carbocycles. The minimum atomic E-state index is -3.14.